The van der Waals surface area contributed by atoms with Crippen molar-refractivity contribution < 1.29 is 19.5 Å². The average Bonchev–Trinajstić information content (AvgIpc) is 2.47. The summed E-state index contributed by atoms with van der Waals surface area (Å²) >= 11 is 0. The molecule has 107 valence electrons. The number of carbonyl (C=O) groups is 3. The van der Waals surface area contributed by atoms with E-state index in [1.807, 2.05) is 12.1 Å². The maximum atomic E-state index is 12.4. The van der Waals surface area contributed by atoms with E-state index in [9.17, 15) is 19.5 Å². The van der Waals surface area contributed by atoms with Crippen LogP contribution in [-0.2, 0) is 4.79 Å². The van der Waals surface area contributed by atoms with Crippen molar-refractivity contribution in [2.75, 3.05) is 6.54 Å². The minimum atomic E-state index is -1.19. The molecule has 6 heteroatoms. The van der Waals surface area contributed by atoms with Gasteiger partial charge in [-0.25, -0.2) is 0 Å². The first-order valence-corrected chi connectivity index (χ1v) is 6.67. The van der Waals surface area contributed by atoms with Gasteiger partial charge in [-0.3, -0.25) is 14.5 Å². The molecule has 3 rings (SSSR count). The Morgan fingerprint density at radius 1 is 1.00 bits per heavy atom. The molecule has 0 saturated carbocycles. The molecule has 0 saturated heterocycles. The van der Waals surface area contributed by atoms with Crippen LogP contribution in [0.2, 0.25) is 0 Å². The van der Waals surface area contributed by atoms with Crippen molar-refractivity contribution in [1.82, 2.24) is 4.90 Å². The number of carboxylic acids is 1. The van der Waals surface area contributed by atoms with Crippen LogP contribution in [0.15, 0.2) is 36.4 Å². The molecule has 2 amide bonds. The number of hydrogen-bond acceptors (Lipinski definition) is 4. The molecular weight excluding hydrogens is 293 g/mol. The van der Waals surface area contributed by atoms with Crippen molar-refractivity contribution in [2.24, 2.45) is 0 Å². The second kappa shape index (κ2) is 6.60. The molecule has 2 aromatic carbocycles. The van der Waals surface area contributed by atoms with Crippen molar-refractivity contribution in [3.63, 3.8) is 0 Å². The van der Waals surface area contributed by atoms with Crippen LogP contribution in [0.4, 0.5) is 0 Å². The Morgan fingerprint density at radius 2 is 1.55 bits per heavy atom. The molecular formula is C16H12NNaO4-. The van der Waals surface area contributed by atoms with Gasteiger partial charge in [0.05, 0.1) is 0 Å². The van der Waals surface area contributed by atoms with Gasteiger partial charge in [-0.15, -0.1) is 0 Å². The monoisotopic (exact) mass is 305 g/mol. The molecule has 0 fully saturated rings. The Hall–Kier alpha value is -1.69. The second-order valence-corrected chi connectivity index (χ2v) is 4.95. The summed E-state index contributed by atoms with van der Waals surface area (Å²) in [6, 6.07) is 10.6. The van der Waals surface area contributed by atoms with Gasteiger partial charge < -0.3 is 9.90 Å². The minimum absolute atomic E-state index is 0. The van der Waals surface area contributed by atoms with Crippen LogP contribution in [-0.4, -0.2) is 58.8 Å². The van der Waals surface area contributed by atoms with Crippen molar-refractivity contribution in [1.29, 1.82) is 0 Å². The summed E-state index contributed by atoms with van der Waals surface area (Å²) in [6.45, 7) is 0.0797. The minimum Gasteiger partial charge on any atom is -0.550 e. The molecule has 0 N–H and O–H groups in total. The van der Waals surface area contributed by atoms with E-state index in [-0.39, 0.29) is 60.8 Å². The fourth-order valence-corrected chi connectivity index (χ4v) is 2.67. The summed E-state index contributed by atoms with van der Waals surface area (Å²) in [4.78, 5) is 36.4. The van der Waals surface area contributed by atoms with Crippen molar-refractivity contribution >= 4 is 58.1 Å². The first-order valence-electron chi connectivity index (χ1n) is 6.67. The van der Waals surface area contributed by atoms with Gasteiger partial charge >= 0.3 is 0 Å². The number of carbonyl (C=O) groups excluding carboxylic acids is 3. The molecule has 5 nitrogen and oxygen atoms in total. The normalized spacial score (nSPS) is 13.2. The van der Waals surface area contributed by atoms with E-state index in [0.29, 0.717) is 16.5 Å². The molecule has 0 bridgehead atoms. The molecule has 0 unspecified atom stereocenters. The van der Waals surface area contributed by atoms with Gasteiger partial charge in [0.1, 0.15) is 0 Å². The zero-order chi connectivity index (χ0) is 15.0. The molecule has 0 atom stereocenters. The zero-order valence-electron chi connectivity index (χ0n) is 12.2. The number of nitrogens with zero attached hydrogens (tertiary/aromatic N) is 1. The molecule has 0 aromatic heterocycles. The van der Waals surface area contributed by atoms with Crippen LogP contribution in [0.5, 0.6) is 0 Å². The van der Waals surface area contributed by atoms with Crippen molar-refractivity contribution in [2.45, 2.75) is 12.8 Å². The fraction of sp³-hybridized carbons (Fsp3) is 0.188. The number of aliphatic carboxylic acids is 1. The number of hydrogen-bond donors (Lipinski definition) is 0. The molecule has 1 aliphatic heterocycles. The van der Waals surface area contributed by atoms with E-state index in [0.717, 1.165) is 10.3 Å². The average molecular weight is 305 g/mol. The Bertz CT molecular complexity index is 721. The summed E-state index contributed by atoms with van der Waals surface area (Å²) in [7, 11) is 0. The SMILES string of the molecule is O=C([O-])CCCN1C(=O)c2cccc3cccc(c23)C1=O.[Na]. The quantitative estimate of drug-likeness (QED) is 0.612. The number of amides is 2. The third-order valence-corrected chi connectivity index (χ3v) is 3.62. The molecule has 1 radical (unpaired) electrons. The molecule has 22 heavy (non-hydrogen) atoms. The maximum Gasteiger partial charge on any atom is 0.261 e. The topological polar surface area (TPSA) is 77.5 Å². The predicted octanol–water partition coefficient (Wildman–Crippen LogP) is 0.585. The van der Waals surface area contributed by atoms with E-state index >= 15 is 0 Å². The number of benzene rings is 2. The standard InChI is InChI=1S/C16H13NO4.Na/c18-13(19)8-3-9-17-15(20)11-6-1-4-10-5-2-7-12(14(10)11)16(17)21;/h1-2,4-7H,3,8-9H2,(H,18,19);/p-1. The summed E-state index contributed by atoms with van der Waals surface area (Å²) in [6.07, 6.45) is 0.0147. The van der Waals surface area contributed by atoms with Crippen LogP contribution in [0.3, 0.4) is 0 Å². The van der Waals surface area contributed by atoms with Crippen LogP contribution < -0.4 is 5.11 Å². The molecule has 1 heterocycles. The summed E-state index contributed by atoms with van der Waals surface area (Å²) in [5.41, 5.74) is 0.965. The number of imide groups is 1. The van der Waals surface area contributed by atoms with Gasteiger partial charge in [-0.2, -0.15) is 0 Å². The number of rotatable bonds is 4. The van der Waals surface area contributed by atoms with E-state index < -0.39 is 5.97 Å². The van der Waals surface area contributed by atoms with Crippen LogP contribution >= 0.6 is 0 Å². The van der Waals surface area contributed by atoms with Gasteiger partial charge in [-0.05, 0) is 30.4 Å². The Morgan fingerprint density at radius 3 is 2.05 bits per heavy atom. The van der Waals surface area contributed by atoms with Gasteiger partial charge in [0, 0.05) is 58.6 Å². The van der Waals surface area contributed by atoms with Gasteiger partial charge in [0.15, 0.2) is 0 Å². The van der Waals surface area contributed by atoms with Crippen LogP contribution in [0.25, 0.3) is 10.8 Å². The molecule has 2 aromatic rings. The first-order chi connectivity index (χ1) is 10.1. The van der Waals surface area contributed by atoms with E-state index in [1.54, 1.807) is 24.3 Å². The predicted molar refractivity (Wildman–Crippen MR) is 79.3 cm³/mol. The van der Waals surface area contributed by atoms with E-state index in [2.05, 4.69) is 0 Å². The Labute approximate surface area is 149 Å². The first kappa shape index (κ1) is 16.7. The second-order valence-electron chi connectivity index (χ2n) is 4.95. The fourth-order valence-electron chi connectivity index (χ4n) is 2.67. The molecule has 1 aliphatic rings. The summed E-state index contributed by atoms with van der Waals surface area (Å²) in [5, 5.41) is 12.0. The third kappa shape index (κ3) is 2.79. The van der Waals surface area contributed by atoms with Crippen LogP contribution in [0, 0.1) is 0 Å². The summed E-state index contributed by atoms with van der Waals surface area (Å²) < 4.78 is 0. The maximum absolute atomic E-state index is 12.4. The van der Waals surface area contributed by atoms with E-state index in [4.69, 9.17) is 0 Å². The van der Waals surface area contributed by atoms with Crippen LogP contribution in [0.1, 0.15) is 33.6 Å². The Balaban J connectivity index is 0.00000176. The van der Waals surface area contributed by atoms with Gasteiger partial charge in [0.2, 0.25) is 0 Å². The van der Waals surface area contributed by atoms with Crippen molar-refractivity contribution in [3.05, 3.63) is 47.5 Å². The van der Waals surface area contributed by atoms with Gasteiger partial charge in [-0.1, -0.05) is 24.3 Å². The van der Waals surface area contributed by atoms with Gasteiger partial charge in [0.25, 0.3) is 11.8 Å². The third-order valence-electron chi connectivity index (χ3n) is 3.62. The Kier molecular flexibility index (Phi) is 5.01. The van der Waals surface area contributed by atoms with E-state index in [1.165, 1.54) is 0 Å². The zero-order valence-corrected chi connectivity index (χ0v) is 14.2. The summed E-state index contributed by atoms with van der Waals surface area (Å²) in [5.74, 6) is -1.93. The van der Waals surface area contributed by atoms with Crippen molar-refractivity contribution in [3.8, 4) is 0 Å². The number of carboxylic acid groups (broad SMARTS) is 1. The largest absolute Gasteiger partial charge is 0.550 e. The molecule has 0 aliphatic carbocycles. The smallest absolute Gasteiger partial charge is 0.261 e. The molecule has 0 spiro atoms.